The normalized spacial score (nSPS) is 8.95. The van der Waals surface area contributed by atoms with Gasteiger partial charge < -0.3 is 97.0 Å². The van der Waals surface area contributed by atoms with Gasteiger partial charge >= 0.3 is 70.3 Å². The van der Waals surface area contributed by atoms with Gasteiger partial charge in [-0.3, -0.25) is 29.1 Å². The second-order valence-corrected chi connectivity index (χ2v) is 8.75. The van der Waals surface area contributed by atoms with Gasteiger partial charge in [-0.15, -0.1) is 0 Å². The van der Waals surface area contributed by atoms with Gasteiger partial charge in [-0.25, -0.2) is 0 Å². The molecule has 2 aromatic rings. The Morgan fingerprint density at radius 3 is 0.723 bits per heavy atom. The molecular weight excluding hydrogens is 1130 g/mol. The summed E-state index contributed by atoms with van der Waals surface area (Å²) in [5.74, 6) is -3.86. The predicted octanol–water partition coefficient (Wildman–Crippen LogP) is -2.84. The number of ketones is 4. The maximum absolute atomic E-state index is 11.5. The summed E-state index contributed by atoms with van der Waals surface area (Å²) < 4.78 is 4.83. The van der Waals surface area contributed by atoms with Gasteiger partial charge in [0.05, 0.1) is 38.0 Å². The number of allylic oxidation sites excluding steroid dienone is 4. The molecule has 28 nitrogen and oxygen atoms in total. The van der Waals surface area contributed by atoms with Gasteiger partial charge in [0.25, 0.3) is 0 Å². The molecule has 0 saturated heterocycles. The molecule has 0 amide bonds. The number of ether oxygens (including phenoxy) is 1. The number of aliphatic hydroxyl groups is 4. The van der Waals surface area contributed by atoms with E-state index in [1.165, 1.54) is 64.1 Å². The molecule has 2 aromatic heterocycles. The van der Waals surface area contributed by atoms with Crippen LogP contribution in [-0.2, 0) is 62.4 Å². The molecule has 0 aliphatic heterocycles. The monoisotopic (exact) mass is 1180 g/mol. The number of hydrogen-bond acceptors (Lipinski definition) is 24. The first kappa shape index (κ1) is 90.4. The van der Waals surface area contributed by atoms with Gasteiger partial charge in [0.2, 0.25) is 0 Å². The Bertz CT molecular complexity index is 1450. The third-order valence-corrected chi connectivity index (χ3v) is 4.25. The van der Waals surface area contributed by atoms with Gasteiger partial charge in [0, 0.05) is 41.7 Å². The SMILES string of the molecule is CC(=O)/C=C(\[O-])c1cccc(/C([O-])=C/C(C)=O)n1.CC(=O)/C=C(\[O-])c1cccc(/C([O-])=C/C(C)=O)n1.CCOCC.CO.CO.CO.CO.O=[N+]([O-])[O-].O=[N+]([O-])[O-].O=[N+]([O-])[O-].[Er+3].[Ni+2].[Ni+2].[OH3+]. The van der Waals surface area contributed by atoms with Gasteiger partial charge in [0.15, 0.2) is 23.1 Å². The van der Waals surface area contributed by atoms with Gasteiger partial charge in [0.1, 0.15) is 0 Å². The number of nitrogens with zero attached hydrogens (tertiary/aromatic N) is 5. The number of hydrogen-bond donors (Lipinski definition) is 4. The minimum absolute atomic E-state index is 0. The van der Waals surface area contributed by atoms with E-state index in [9.17, 15) is 39.6 Å². The van der Waals surface area contributed by atoms with E-state index in [-0.39, 0.29) is 98.5 Å². The Morgan fingerprint density at radius 2 is 0.631 bits per heavy atom. The molecule has 0 fully saturated rings. The fourth-order valence-electron chi connectivity index (χ4n) is 2.66. The van der Waals surface area contributed by atoms with Crippen LogP contribution in [0.25, 0.3) is 23.0 Å². The number of aliphatic hydroxyl groups excluding tert-OH is 4. The van der Waals surface area contributed by atoms with E-state index in [0.717, 1.165) is 66.0 Å². The van der Waals surface area contributed by atoms with Crippen LogP contribution in [0, 0.1) is 83.3 Å². The van der Waals surface area contributed by atoms with Crippen LogP contribution in [-0.4, -0.2) is 110 Å². The van der Waals surface area contributed by atoms with Crippen molar-refractivity contribution in [2.24, 2.45) is 0 Å². The first-order valence-electron chi connectivity index (χ1n) is 15.7. The van der Waals surface area contributed by atoms with E-state index < -0.39 is 61.4 Å². The minimum atomic E-state index is -1.75. The number of aromatic nitrogens is 2. The van der Waals surface area contributed by atoms with Crippen LogP contribution in [0.2, 0.25) is 0 Å². The standard InChI is InChI=1S/2C13H13NO4.C4H10O.4CH4O.Er.3NO3.2Ni.H2O/c2*1-8(15)6-12(17)10-4-3-5-11(14-10)13(18)7-9(2)16;1-3-5-4-2;4*1-2;;3*2-1(3)4;;;/h2*3-7,17-18H,1-2H3;3-4H2,1-2H3;4*2H,1H3;;;;;;;1H2/q;;;;;;;+3;3*-1;2*+2;/p-3/b2*12-6-,13-7-;;;;;;;;;;;;. The second kappa shape index (κ2) is 65.3. The molecule has 381 valence electrons. The average molecular weight is 1180 g/mol. The fraction of sp³-hybridized carbons (Fsp3) is 0.353. The number of pyridine rings is 2. The molecule has 2 heterocycles. The first-order chi connectivity index (χ1) is 28.4. The molecule has 0 aliphatic rings. The van der Waals surface area contributed by atoms with Crippen LogP contribution in [0.15, 0.2) is 60.7 Å². The number of carbonyl (C=O) groups excluding carboxylic acids is 4. The van der Waals surface area contributed by atoms with Crippen molar-refractivity contribution in [2.75, 3.05) is 41.7 Å². The van der Waals surface area contributed by atoms with Crippen molar-refractivity contribution in [3.05, 3.63) is 129 Å². The van der Waals surface area contributed by atoms with E-state index in [1.54, 1.807) is 0 Å². The Labute approximate surface area is 422 Å². The molecule has 0 saturated carbocycles. The maximum atomic E-state index is 11.5. The Morgan fingerprint density at radius 1 is 0.492 bits per heavy atom. The molecule has 0 bridgehead atoms. The van der Waals surface area contributed by atoms with Crippen LogP contribution in [0.5, 0.6) is 0 Å². The molecule has 0 aromatic carbocycles. The summed E-state index contributed by atoms with van der Waals surface area (Å²) in [5, 5.41) is 118. The van der Waals surface area contributed by atoms with E-state index in [4.69, 9.17) is 71.1 Å². The Kier molecular flexibility index (Phi) is 90.9. The molecule has 31 heteroatoms. The zero-order valence-corrected chi connectivity index (χ0v) is 39.9. The third kappa shape index (κ3) is 79.6. The summed E-state index contributed by atoms with van der Waals surface area (Å²) in [4.78, 5) is 75.5. The zero-order valence-electron chi connectivity index (χ0n) is 36.1. The summed E-state index contributed by atoms with van der Waals surface area (Å²) >= 11 is 0. The smallest absolute Gasteiger partial charge is 0.871 e. The molecule has 1 radical (unpaired) electrons. The van der Waals surface area contributed by atoms with Crippen molar-refractivity contribution in [3.8, 4) is 0 Å². The van der Waals surface area contributed by atoms with E-state index in [0.29, 0.717) is 0 Å². The van der Waals surface area contributed by atoms with Crippen LogP contribution in [0.3, 0.4) is 0 Å². The maximum Gasteiger partial charge on any atom is 3.00 e. The minimum Gasteiger partial charge on any atom is -0.871 e. The number of carbonyl (C=O) groups is 4. The topological polar surface area (TPSA) is 508 Å². The molecule has 0 atom stereocenters. The average Bonchev–Trinajstić information content (AvgIpc) is 3.17. The number of rotatable bonds is 10. The Hall–Kier alpha value is -5.27. The summed E-state index contributed by atoms with van der Waals surface area (Å²) in [5.41, 5.74) is -0.0259. The molecule has 2 rings (SSSR count). The van der Waals surface area contributed by atoms with Gasteiger partial charge in [-0.05, 0) is 90.1 Å². The van der Waals surface area contributed by atoms with Crippen LogP contribution < -0.4 is 20.4 Å². The molecule has 0 spiro atoms. The van der Waals surface area contributed by atoms with E-state index in [2.05, 4.69) is 9.97 Å². The summed E-state index contributed by atoms with van der Waals surface area (Å²) in [7, 11) is 4.00. The van der Waals surface area contributed by atoms with Gasteiger partial charge in [-0.2, -0.15) is 0 Å². The van der Waals surface area contributed by atoms with Crippen molar-refractivity contribution < 1.29 is 156 Å². The van der Waals surface area contributed by atoms with Crippen molar-refractivity contribution in [2.45, 2.75) is 41.5 Å². The van der Waals surface area contributed by atoms with Crippen molar-refractivity contribution >= 4 is 46.2 Å². The van der Waals surface area contributed by atoms with Crippen molar-refractivity contribution in [1.82, 2.24) is 9.97 Å². The fourth-order valence-corrected chi connectivity index (χ4v) is 2.66. The quantitative estimate of drug-likeness (QED) is 0.0465. The van der Waals surface area contributed by atoms with E-state index >= 15 is 0 Å². The Balaban J connectivity index is -0.0000000553. The van der Waals surface area contributed by atoms with Crippen molar-refractivity contribution in [3.63, 3.8) is 0 Å². The summed E-state index contributed by atoms with van der Waals surface area (Å²) in [6, 6.07) is 8.52. The van der Waals surface area contributed by atoms with Crippen LogP contribution >= 0.6 is 0 Å². The molecular formula is C34H51ErN5Ni2O23+. The molecule has 7 N–H and O–H groups in total. The second-order valence-electron chi connectivity index (χ2n) is 8.75. The largest absolute Gasteiger partial charge is 3.00 e. The third-order valence-electron chi connectivity index (χ3n) is 4.25. The molecule has 65 heavy (non-hydrogen) atoms. The summed E-state index contributed by atoms with van der Waals surface area (Å²) in [6.07, 6.45) is 3.58. The molecule has 0 unspecified atom stereocenters. The van der Waals surface area contributed by atoms with Crippen molar-refractivity contribution in [1.29, 1.82) is 0 Å². The predicted molar refractivity (Wildman–Crippen MR) is 214 cm³/mol. The van der Waals surface area contributed by atoms with Gasteiger partial charge in [-0.1, -0.05) is 35.2 Å². The zero-order chi connectivity index (χ0) is 50.3. The van der Waals surface area contributed by atoms with Crippen LogP contribution in [0.4, 0.5) is 0 Å². The first-order valence-corrected chi connectivity index (χ1v) is 15.7. The summed E-state index contributed by atoms with van der Waals surface area (Å²) in [6.45, 7) is 10.7. The van der Waals surface area contributed by atoms with Crippen LogP contribution in [0.1, 0.15) is 64.3 Å². The molecule has 0 aliphatic carbocycles. The van der Waals surface area contributed by atoms with E-state index in [1.807, 2.05) is 13.8 Å².